The predicted molar refractivity (Wildman–Crippen MR) is 551 cm³/mol. The van der Waals surface area contributed by atoms with Gasteiger partial charge in [-0.05, 0) is 162 Å². The van der Waals surface area contributed by atoms with Gasteiger partial charge in [0.2, 0.25) is 0 Å². The summed E-state index contributed by atoms with van der Waals surface area (Å²) in [6, 6.07) is 26.7. The molecule has 0 amide bonds. The fourth-order valence-corrected chi connectivity index (χ4v) is 22.0. The van der Waals surface area contributed by atoms with Gasteiger partial charge in [-0.25, -0.2) is 29.9 Å². The molecule has 5 saturated carbocycles. The maximum absolute atomic E-state index is 5.06. The van der Waals surface area contributed by atoms with Crippen LogP contribution in [0.15, 0.2) is 190 Å². The number of hydrogen-bond donors (Lipinski definition) is 5. The number of nitrogens with zero attached hydrogens (tertiary/aromatic N) is 30. The second-order valence-corrected chi connectivity index (χ2v) is 40.0. The van der Waals surface area contributed by atoms with Crippen LogP contribution in [0.4, 0.5) is 55.6 Å². The standard InChI is InChI=1S/2C21H23N7.3C20H23N7S/c1-27-14-16(12-23-27)17-13-24-28-20(26-19-9-5-6-10-22-19)11-18(25-21(17)28)15-7-3-2-4-8-15;1-27-14-16(11-23-27)18-13-24-28-20(25-17-8-5-9-22-12-17)10-19(26-21(18)28)15-6-3-2-4-7-15;3*1-13-8-19(28-25-13)24-18-9-17(14-6-4-3-5-7-14)23-20-16(11-22-27(18)20)15-10-21-26(2)12-15/h5-6,9-15H,2-4,7-8H2,1H3,(H,22,26);5,8-15,25H,2-4,6-7H2,1H3;3*8-12,14,24H,3-7H2,1-2H3. The molecule has 25 rings (SSSR count). The molecule has 5 N–H and O–H groups in total. The van der Waals surface area contributed by atoms with Gasteiger partial charge in [-0.1, -0.05) is 102 Å². The molecule has 0 radical (unpaired) electrons. The molecule has 0 aliphatic heterocycles. The van der Waals surface area contributed by atoms with E-state index in [0.29, 0.717) is 29.6 Å². The fraction of sp³-hybridized carbons (Fsp3) is 0.373. The average Bonchev–Trinajstić information content (AvgIpc) is 1.63. The van der Waals surface area contributed by atoms with E-state index >= 15 is 0 Å². The zero-order chi connectivity index (χ0) is 95.1. The molecule has 0 unspecified atom stereocenters. The molecule has 20 aromatic heterocycles. The monoisotopic (exact) mass is 1930 g/mol. The molecule has 5 aliphatic carbocycles. The Balaban J connectivity index is 0.000000104. The van der Waals surface area contributed by atoms with Gasteiger partial charge >= 0.3 is 0 Å². The normalized spacial score (nSPS) is 15.3. The highest BCUT2D eigenvalue weighted by Crippen LogP contribution is 2.43. The smallest absolute Gasteiger partial charge is 0.165 e. The Labute approximate surface area is 822 Å². The van der Waals surface area contributed by atoms with Crippen molar-refractivity contribution in [2.45, 2.75) is 211 Å². The summed E-state index contributed by atoms with van der Waals surface area (Å²) in [4.78, 5) is 33.9. The largest absolute Gasteiger partial charge is 0.339 e. The van der Waals surface area contributed by atoms with E-state index in [2.05, 4.69) is 149 Å². The van der Waals surface area contributed by atoms with Crippen LogP contribution in [0.5, 0.6) is 0 Å². The van der Waals surface area contributed by atoms with Crippen molar-refractivity contribution >= 4 is 118 Å². The minimum absolute atomic E-state index is 0.500. The highest BCUT2D eigenvalue weighted by atomic mass is 32.1. The lowest BCUT2D eigenvalue weighted by Gasteiger charge is -2.22. The van der Waals surface area contributed by atoms with Crippen LogP contribution >= 0.6 is 34.6 Å². The van der Waals surface area contributed by atoms with E-state index in [1.807, 2.05) is 222 Å². The summed E-state index contributed by atoms with van der Waals surface area (Å²) < 4.78 is 31.6. The lowest BCUT2D eigenvalue weighted by Crippen LogP contribution is -2.10. The van der Waals surface area contributed by atoms with Gasteiger partial charge < -0.3 is 26.6 Å². The topological polar surface area (TPSA) is 365 Å². The molecule has 35 nitrogen and oxygen atoms in total. The molecule has 5 aliphatic rings. The first-order chi connectivity index (χ1) is 68.6. The molecule has 716 valence electrons. The number of pyridine rings is 2. The maximum atomic E-state index is 5.06. The van der Waals surface area contributed by atoms with Crippen molar-refractivity contribution in [1.82, 2.24) is 145 Å². The van der Waals surface area contributed by atoms with E-state index in [1.165, 1.54) is 195 Å². The van der Waals surface area contributed by atoms with Gasteiger partial charge in [-0.2, -0.15) is 86.7 Å². The van der Waals surface area contributed by atoms with Gasteiger partial charge in [-0.15, -0.1) is 0 Å². The molecule has 0 bridgehead atoms. The molecule has 0 aromatic carbocycles. The van der Waals surface area contributed by atoms with Crippen molar-refractivity contribution in [2.24, 2.45) is 35.2 Å². The van der Waals surface area contributed by atoms with Crippen molar-refractivity contribution in [3.8, 4) is 55.6 Å². The summed E-state index contributed by atoms with van der Waals surface area (Å²) in [6.45, 7) is 6.02. The maximum Gasteiger partial charge on any atom is 0.165 e. The Morgan fingerprint density at radius 1 is 0.271 bits per heavy atom. The van der Waals surface area contributed by atoms with Crippen LogP contribution in [0, 0.1) is 20.8 Å². The number of anilines is 10. The Morgan fingerprint density at radius 2 is 0.543 bits per heavy atom. The molecule has 20 aromatic rings. The van der Waals surface area contributed by atoms with Crippen LogP contribution in [-0.2, 0) is 35.2 Å². The number of aromatic nitrogens is 30. The average molecular weight is 1930 g/mol. The fourth-order valence-electron chi connectivity index (χ4n) is 20.0. The number of rotatable bonds is 20. The second kappa shape index (κ2) is 41.6. The Hall–Kier alpha value is -14.7. The van der Waals surface area contributed by atoms with Gasteiger partial charge in [0.15, 0.2) is 28.2 Å². The van der Waals surface area contributed by atoms with Crippen molar-refractivity contribution in [2.75, 3.05) is 26.6 Å². The number of nitrogens with one attached hydrogen (secondary N) is 5. The molecule has 20 heterocycles. The van der Waals surface area contributed by atoms with Crippen LogP contribution in [-0.4, -0.2) is 145 Å². The van der Waals surface area contributed by atoms with Crippen LogP contribution < -0.4 is 26.6 Å². The lowest BCUT2D eigenvalue weighted by atomic mass is 9.87. The number of hydrogen-bond acceptors (Lipinski definition) is 28. The first kappa shape index (κ1) is 91.7. The third-order valence-corrected chi connectivity index (χ3v) is 29.5. The first-order valence-corrected chi connectivity index (χ1v) is 51.2. The third-order valence-electron chi connectivity index (χ3n) is 27.1. The second-order valence-electron chi connectivity index (χ2n) is 37.6. The van der Waals surface area contributed by atoms with Gasteiger partial charge in [0.1, 0.15) is 49.9 Å². The molecule has 38 heteroatoms. The quantitative estimate of drug-likeness (QED) is 0.0473. The molecule has 140 heavy (non-hydrogen) atoms. The third kappa shape index (κ3) is 20.7. The molecule has 5 fully saturated rings. The molecular weight excluding hydrogens is 1810 g/mol. The highest BCUT2D eigenvalue weighted by Gasteiger charge is 2.30. The van der Waals surface area contributed by atoms with E-state index in [9.17, 15) is 0 Å². The number of fused-ring (bicyclic) bond motifs is 5. The summed E-state index contributed by atoms with van der Waals surface area (Å²) in [7, 11) is 9.62. The first-order valence-electron chi connectivity index (χ1n) is 48.9. The predicted octanol–water partition coefficient (Wildman–Crippen LogP) is 22.7. The zero-order valence-electron chi connectivity index (χ0n) is 80.1. The van der Waals surface area contributed by atoms with E-state index in [1.54, 1.807) is 21.8 Å². The minimum Gasteiger partial charge on any atom is -0.339 e. The van der Waals surface area contributed by atoms with Gasteiger partial charge in [0, 0.05) is 223 Å². The molecule has 0 atom stereocenters. The summed E-state index contributed by atoms with van der Waals surface area (Å²) in [5, 5.41) is 65.2. The van der Waals surface area contributed by atoms with E-state index in [0.717, 1.165) is 185 Å². The Kier molecular flexibility index (Phi) is 27.2. The van der Waals surface area contributed by atoms with Gasteiger partial charge in [0.25, 0.3) is 0 Å². The van der Waals surface area contributed by atoms with E-state index in [-0.39, 0.29) is 0 Å². The molecule has 0 saturated heterocycles. The van der Waals surface area contributed by atoms with Crippen LogP contribution in [0.2, 0.25) is 0 Å². The summed E-state index contributed by atoms with van der Waals surface area (Å²) in [6.07, 6.45) is 65.6. The molecule has 0 spiro atoms. The van der Waals surface area contributed by atoms with E-state index < -0.39 is 0 Å². The van der Waals surface area contributed by atoms with E-state index in [4.69, 9.17) is 24.9 Å². The summed E-state index contributed by atoms with van der Waals surface area (Å²) in [5.74, 6) is 7.94. The molecular formula is C102H115N35S3. The van der Waals surface area contributed by atoms with Crippen LogP contribution in [0.1, 0.15) is 236 Å². The lowest BCUT2D eigenvalue weighted by molar-refractivity contribution is 0.437. The minimum atomic E-state index is 0.500. The van der Waals surface area contributed by atoms with Crippen molar-refractivity contribution in [1.29, 1.82) is 0 Å². The van der Waals surface area contributed by atoms with Crippen molar-refractivity contribution in [3.05, 3.63) is 236 Å². The summed E-state index contributed by atoms with van der Waals surface area (Å²) >= 11 is 4.39. The zero-order valence-corrected chi connectivity index (χ0v) is 82.6. The highest BCUT2D eigenvalue weighted by molar-refractivity contribution is 7.10. The SMILES string of the molecule is Cc1cc(Nc2cc(C3CCCCC3)nc3c(-c4cnn(C)c4)cnn23)sn1.Cc1cc(Nc2cc(C3CCCCC3)nc3c(-c4cnn(C)c4)cnn23)sn1.Cc1cc(Nc2cc(C3CCCCC3)nc3c(-c4cnn(C)c4)cnn23)sn1.Cn1cc(-c2cnn3c(Nc4ccccn4)cc(C4CCCCC4)nc23)cn1.Cn1cc(-c2cnn3c(Nc4cccnc4)cc(C4CCCCC4)nc23)cn1. The van der Waals surface area contributed by atoms with Crippen molar-refractivity contribution < 1.29 is 0 Å². The summed E-state index contributed by atoms with van der Waals surface area (Å²) in [5.41, 5.74) is 24.2. The Bertz CT molecular complexity index is 7000. The van der Waals surface area contributed by atoms with Gasteiger partial charge in [0.05, 0.1) is 90.9 Å². The van der Waals surface area contributed by atoms with Gasteiger partial charge in [-0.3, -0.25) is 28.4 Å². The van der Waals surface area contributed by atoms with Crippen LogP contribution in [0.3, 0.4) is 0 Å². The number of aryl methyl sites for hydroxylation is 8. The van der Waals surface area contributed by atoms with Crippen LogP contribution in [0.25, 0.3) is 83.9 Å². The van der Waals surface area contributed by atoms with Crippen molar-refractivity contribution in [3.63, 3.8) is 0 Å². The Morgan fingerprint density at radius 3 is 0.771 bits per heavy atom.